The Morgan fingerprint density at radius 2 is 2.20 bits per heavy atom. The minimum Gasteiger partial charge on any atom is -0.369 e. The van der Waals surface area contributed by atoms with Crippen LogP contribution in [-0.2, 0) is 0 Å². The van der Waals surface area contributed by atoms with Crippen LogP contribution in [0.5, 0.6) is 0 Å². The normalized spacial score (nSPS) is 20.0. The van der Waals surface area contributed by atoms with Gasteiger partial charge in [0.1, 0.15) is 0 Å². The molecule has 0 aromatic heterocycles. The van der Waals surface area contributed by atoms with Crippen LogP contribution in [0.15, 0.2) is 36.4 Å². The van der Waals surface area contributed by atoms with Crippen LogP contribution >= 0.6 is 0 Å². The average molecular weight is 203 g/mol. The van der Waals surface area contributed by atoms with Crippen molar-refractivity contribution in [1.29, 1.82) is 0 Å². The fourth-order valence-corrected chi connectivity index (χ4v) is 1.75. The number of hydrogen-bond donors (Lipinski definition) is 1. The molecule has 1 aromatic carbocycles. The molecule has 1 amide bonds. The summed E-state index contributed by atoms with van der Waals surface area (Å²) < 4.78 is 0. The maximum atomic E-state index is 11.8. The van der Waals surface area contributed by atoms with Crippen molar-refractivity contribution in [3.8, 4) is 0 Å². The number of benzene rings is 1. The first-order valence-electron chi connectivity index (χ1n) is 4.95. The van der Waals surface area contributed by atoms with E-state index < -0.39 is 6.23 Å². The van der Waals surface area contributed by atoms with Crippen molar-refractivity contribution in [2.75, 3.05) is 6.54 Å². The topological polar surface area (TPSA) is 40.5 Å². The Hall–Kier alpha value is -1.61. The summed E-state index contributed by atoms with van der Waals surface area (Å²) in [6, 6.07) is 7.17. The monoisotopic (exact) mass is 203 g/mol. The number of nitrogens with zero attached hydrogens (tertiary/aromatic N) is 1. The molecule has 1 heterocycles. The zero-order chi connectivity index (χ0) is 10.8. The van der Waals surface area contributed by atoms with Gasteiger partial charge in [-0.25, -0.2) is 0 Å². The third kappa shape index (κ3) is 1.55. The van der Waals surface area contributed by atoms with Crippen LogP contribution in [0.4, 0.5) is 0 Å². The van der Waals surface area contributed by atoms with E-state index in [1.807, 2.05) is 31.2 Å². The molecule has 0 saturated heterocycles. The first kappa shape index (κ1) is 9.93. The summed E-state index contributed by atoms with van der Waals surface area (Å²) in [5, 5.41) is 9.91. The molecule has 0 spiro atoms. The van der Waals surface area contributed by atoms with Gasteiger partial charge in [-0.05, 0) is 13.0 Å². The summed E-state index contributed by atoms with van der Waals surface area (Å²) in [5.41, 5.74) is 1.31. The maximum Gasteiger partial charge on any atom is 0.256 e. The van der Waals surface area contributed by atoms with Crippen LogP contribution in [0.1, 0.15) is 29.1 Å². The number of carbonyl (C=O) groups excluding carboxylic acids is 1. The van der Waals surface area contributed by atoms with Crippen molar-refractivity contribution in [3.63, 3.8) is 0 Å². The maximum absolute atomic E-state index is 11.8. The first-order chi connectivity index (χ1) is 7.25. The molecule has 0 radical (unpaired) electrons. The number of carbonyl (C=O) groups is 1. The number of fused-ring (bicyclic) bond motifs is 1. The van der Waals surface area contributed by atoms with E-state index in [2.05, 4.69) is 0 Å². The second-order valence-electron chi connectivity index (χ2n) is 3.49. The highest BCUT2D eigenvalue weighted by Gasteiger charge is 2.33. The lowest BCUT2D eigenvalue weighted by atomic mass is 10.1. The number of amides is 1. The van der Waals surface area contributed by atoms with Crippen molar-refractivity contribution in [1.82, 2.24) is 4.90 Å². The predicted molar refractivity (Wildman–Crippen MR) is 57.3 cm³/mol. The van der Waals surface area contributed by atoms with Crippen molar-refractivity contribution >= 4 is 5.91 Å². The van der Waals surface area contributed by atoms with Crippen molar-refractivity contribution in [3.05, 3.63) is 47.5 Å². The summed E-state index contributed by atoms with van der Waals surface area (Å²) in [6.45, 7) is 2.34. The molecule has 0 aliphatic carbocycles. The lowest BCUT2D eigenvalue weighted by Gasteiger charge is -2.18. The van der Waals surface area contributed by atoms with Gasteiger partial charge in [0.15, 0.2) is 6.23 Å². The van der Waals surface area contributed by atoms with Crippen molar-refractivity contribution in [2.24, 2.45) is 0 Å². The van der Waals surface area contributed by atoms with Gasteiger partial charge >= 0.3 is 0 Å². The smallest absolute Gasteiger partial charge is 0.256 e. The lowest BCUT2D eigenvalue weighted by molar-refractivity contribution is 0.0232. The highest BCUT2D eigenvalue weighted by molar-refractivity contribution is 5.98. The molecule has 0 bridgehead atoms. The molecule has 1 aromatic rings. The summed E-state index contributed by atoms with van der Waals surface area (Å²) in [5.74, 6) is -0.101. The zero-order valence-electron chi connectivity index (χ0n) is 8.55. The number of hydrogen-bond acceptors (Lipinski definition) is 2. The lowest BCUT2D eigenvalue weighted by Crippen LogP contribution is -2.27. The van der Waals surface area contributed by atoms with Crippen molar-refractivity contribution < 1.29 is 9.90 Å². The van der Waals surface area contributed by atoms with E-state index in [1.165, 1.54) is 4.90 Å². The molecule has 1 unspecified atom stereocenters. The standard InChI is InChI=1S/C12H13NO2/c1-2-3-8-13-11(14)9-6-4-5-7-10(9)12(13)15/h2-7,11,14H,8H2,1H3/b3-2+. The molecular formula is C12H13NO2. The first-order valence-corrected chi connectivity index (χ1v) is 4.95. The fraction of sp³-hybridized carbons (Fsp3) is 0.250. The average Bonchev–Trinajstić information content (AvgIpc) is 2.51. The second kappa shape index (κ2) is 3.87. The van der Waals surface area contributed by atoms with Gasteiger partial charge in [-0.1, -0.05) is 30.4 Å². The Morgan fingerprint density at radius 1 is 1.47 bits per heavy atom. The van der Waals surface area contributed by atoms with Gasteiger partial charge in [0, 0.05) is 17.7 Å². The van der Waals surface area contributed by atoms with E-state index in [0.717, 1.165) is 0 Å². The third-order valence-corrected chi connectivity index (χ3v) is 2.56. The largest absolute Gasteiger partial charge is 0.369 e. The summed E-state index contributed by atoms with van der Waals surface area (Å²) in [4.78, 5) is 13.3. The van der Waals surface area contributed by atoms with E-state index in [-0.39, 0.29) is 5.91 Å². The van der Waals surface area contributed by atoms with Gasteiger partial charge < -0.3 is 10.0 Å². The molecule has 3 nitrogen and oxygen atoms in total. The number of aliphatic hydroxyl groups excluding tert-OH is 1. The molecule has 15 heavy (non-hydrogen) atoms. The molecule has 3 heteroatoms. The SMILES string of the molecule is C/C=C/CN1C(=O)c2ccccc2C1O. The Kier molecular flexibility index (Phi) is 2.56. The molecule has 1 N–H and O–H groups in total. The van der Waals surface area contributed by atoms with E-state index >= 15 is 0 Å². The Balaban J connectivity index is 2.32. The summed E-state index contributed by atoms with van der Waals surface area (Å²) >= 11 is 0. The molecule has 78 valence electrons. The summed E-state index contributed by atoms with van der Waals surface area (Å²) in [6.07, 6.45) is 2.92. The second-order valence-corrected chi connectivity index (χ2v) is 3.49. The quantitative estimate of drug-likeness (QED) is 0.743. The minimum atomic E-state index is -0.801. The molecule has 1 aliphatic heterocycles. The van der Waals surface area contributed by atoms with Crippen LogP contribution in [0.2, 0.25) is 0 Å². The van der Waals surface area contributed by atoms with E-state index in [9.17, 15) is 9.90 Å². The Bertz CT molecular complexity index is 412. The van der Waals surface area contributed by atoms with Crippen LogP contribution in [0.25, 0.3) is 0 Å². The van der Waals surface area contributed by atoms with Crippen LogP contribution in [0.3, 0.4) is 0 Å². The molecule has 0 fully saturated rings. The summed E-state index contributed by atoms with van der Waals surface area (Å²) in [7, 11) is 0. The van der Waals surface area contributed by atoms with Gasteiger partial charge in [0.2, 0.25) is 0 Å². The highest BCUT2D eigenvalue weighted by Crippen LogP contribution is 2.30. The highest BCUT2D eigenvalue weighted by atomic mass is 16.3. The molecule has 1 aliphatic rings. The number of aliphatic hydroxyl groups is 1. The predicted octanol–water partition coefficient (Wildman–Crippen LogP) is 1.71. The van der Waals surface area contributed by atoms with Crippen LogP contribution in [-0.4, -0.2) is 22.5 Å². The minimum absolute atomic E-state index is 0.101. The molecule has 2 rings (SSSR count). The Morgan fingerprint density at radius 3 is 2.87 bits per heavy atom. The van der Waals surface area contributed by atoms with Gasteiger partial charge in [-0.2, -0.15) is 0 Å². The van der Waals surface area contributed by atoms with Gasteiger partial charge in [0.25, 0.3) is 5.91 Å². The van der Waals surface area contributed by atoms with Crippen LogP contribution < -0.4 is 0 Å². The van der Waals surface area contributed by atoms with Gasteiger partial charge in [-0.15, -0.1) is 0 Å². The number of rotatable bonds is 2. The van der Waals surface area contributed by atoms with E-state index in [0.29, 0.717) is 17.7 Å². The van der Waals surface area contributed by atoms with Gasteiger partial charge in [0.05, 0.1) is 0 Å². The zero-order valence-corrected chi connectivity index (χ0v) is 8.55. The van der Waals surface area contributed by atoms with Crippen molar-refractivity contribution in [2.45, 2.75) is 13.2 Å². The molecule has 1 atom stereocenters. The third-order valence-electron chi connectivity index (χ3n) is 2.56. The van der Waals surface area contributed by atoms with Gasteiger partial charge in [-0.3, -0.25) is 4.79 Å². The Labute approximate surface area is 88.6 Å². The molecular weight excluding hydrogens is 190 g/mol. The van der Waals surface area contributed by atoms with E-state index in [4.69, 9.17) is 0 Å². The fourth-order valence-electron chi connectivity index (χ4n) is 1.75. The van der Waals surface area contributed by atoms with E-state index in [1.54, 1.807) is 12.1 Å². The van der Waals surface area contributed by atoms with Crippen LogP contribution in [0, 0.1) is 0 Å². The number of allylic oxidation sites excluding steroid dienone is 1. The molecule has 0 saturated carbocycles.